The summed E-state index contributed by atoms with van der Waals surface area (Å²) < 4.78 is 39.8. The number of benzene rings is 1. The maximum absolute atomic E-state index is 13.3. The summed E-state index contributed by atoms with van der Waals surface area (Å²) in [5.41, 5.74) is 0.948. The highest BCUT2D eigenvalue weighted by Crippen LogP contribution is 2.34. The Hall–Kier alpha value is -2.94. The van der Waals surface area contributed by atoms with E-state index < -0.39 is 17.7 Å². The first kappa shape index (κ1) is 21.3. The van der Waals surface area contributed by atoms with Crippen LogP contribution in [-0.2, 0) is 11.0 Å². The molecule has 0 bridgehead atoms. The average molecular weight is 444 g/mol. The van der Waals surface area contributed by atoms with Crippen molar-refractivity contribution in [1.82, 2.24) is 9.97 Å². The van der Waals surface area contributed by atoms with Gasteiger partial charge < -0.3 is 0 Å². The van der Waals surface area contributed by atoms with Gasteiger partial charge in [0.1, 0.15) is 5.84 Å². The molecule has 4 rings (SSSR count). The molecule has 1 amide bonds. The van der Waals surface area contributed by atoms with Crippen molar-refractivity contribution >= 4 is 29.2 Å². The lowest BCUT2D eigenvalue weighted by Crippen LogP contribution is -2.49. The van der Waals surface area contributed by atoms with E-state index in [1.165, 1.54) is 28.8 Å². The van der Waals surface area contributed by atoms with Gasteiger partial charge in [-0.1, -0.05) is 42.1 Å². The molecule has 31 heavy (non-hydrogen) atoms. The summed E-state index contributed by atoms with van der Waals surface area (Å²) in [5.74, 6) is -0.244. The van der Waals surface area contributed by atoms with Crippen LogP contribution in [0.5, 0.6) is 0 Å². The van der Waals surface area contributed by atoms with Crippen LogP contribution in [0, 0.1) is 19.8 Å². The minimum Gasteiger partial charge on any atom is -0.273 e. The van der Waals surface area contributed by atoms with E-state index in [1.54, 1.807) is 12.2 Å². The molecule has 0 N–H and O–H groups in total. The van der Waals surface area contributed by atoms with Gasteiger partial charge in [0.2, 0.25) is 5.91 Å². The lowest BCUT2D eigenvalue weighted by molar-refractivity contribution is -0.137. The molecular weight excluding hydrogens is 425 g/mol. The average Bonchev–Trinajstić information content (AvgIpc) is 2.71. The quantitative estimate of drug-likeness (QED) is 0.504. The Morgan fingerprint density at radius 3 is 2.48 bits per heavy atom. The Morgan fingerprint density at radius 1 is 1.06 bits per heavy atom. The molecular formula is C22H19F3N4OS. The summed E-state index contributed by atoms with van der Waals surface area (Å²) in [5, 5.41) is 0.526. The van der Waals surface area contributed by atoms with Gasteiger partial charge in [0.25, 0.3) is 0 Å². The molecule has 0 spiro atoms. The van der Waals surface area contributed by atoms with Crippen molar-refractivity contribution in [3.63, 3.8) is 0 Å². The number of hydrogen-bond donors (Lipinski definition) is 0. The molecule has 0 saturated carbocycles. The molecule has 5 nitrogen and oxygen atoms in total. The van der Waals surface area contributed by atoms with Gasteiger partial charge in [-0.05, 0) is 38.1 Å². The fourth-order valence-corrected chi connectivity index (χ4v) is 4.42. The number of carbonyl (C=O) groups is 1. The molecule has 1 aromatic carbocycles. The third-order valence-corrected chi connectivity index (χ3v) is 5.73. The highest BCUT2D eigenvalue weighted by atomic mass is 32.2. The number of anilines is 1. The largest absolute Gasteiger partial charge is 0.416 e. The number of alkyl halides is 3. The maximum Gasteiger partial charge on any atom is 0.416 e. The summed E-state index contributed by atoms with van der Waals surface area (Å²) in [6.45, 7) is 3.72. The highest BCUT2D eigenvalue weighted by molar-refractivity contribution is 7.99. The second-order valence-corrected chi connectivity index (χ2v) is 8.22. The first-order chi connectivity index (χ1) is 14.7. The van der Waals surface area contributed by atoms with Crippen LogP contribution in [0.1, 0.15) is 17.0 Å². The number of aromatic nitrogens is 2. The van der Waals surface area contributed by atoms with Crippen molar-refractivity contribution < 1.29 is 18.0 Å². The monoisotopic (exact) mass is 444 g/mol. The molecule has 2 heterocycles. The molecule has 2 aromatic rings. The zero-order valence-corrected chi connectivity index (χ0v) is 17.6. The third kappa shape index (κ3) is 4.56. The maximum atomic E-state index is 13.3. The van der Waals surface area contributed by atoms with E-state index in [-0.39, 0.29) is 23.4 Å². The number of thioether (sulfide) groups is 1. The third-order valence-electron chi connectivity index (χ3n) is 4.89. The Kier molecular flexibility index (Phi) is 5.70. The van der Waals surface area contributed by atoms with Gasteiger partial charge in [0.15, 0.2) is 5.16 Å². The predicted octanol–water partition coefficient (Wildman–Crippen LogP) is 4.76. The Balaban J connectivity index is 1.71. The second kappa shape index (κ2) is 8.30. The first-order valence-electron chi connectivity index (χ1n) is 9.60. The number of hydrogen-bond acceptors (Lipinski definition) is 5. The Morgan fingerprint density at radius 2 is 1.77 bits per heavy atom. The van der Waals surface area contributed by atoms with Crippen molar-refractivity contribution in [1.29, 1.82) is 0 Å². The lowest BCUT2D eigenvalue weighted by atomic mass is 9.92. The number of aryl methyl sites for hydroxylation is 2. The van der Waals surface area contributed by atoms with Crippen molar-refractivity contribution in [3.8, 4) is 0 Å². The number of allylic oxidation sites excluding steroid dienone is 2. The van der Waals surface area contributed by atoms with E-state index in [9.17, 15) is 18.0 Å². The topological polar surface area (TPSA) is 58.5 Å². The number of amides is 1. The van der Waals surface area contributed by atoms with E-state index in [4.69, 9.17) is 0 Å². The van der Waals surface area contributed by atoms with Crippen molar-refractivity contribution in [2.24, 2.45) is 10.9 Å². The molecule has 2 atom stereocenters. The summed E-state index contributed by atoms with van der Waals surface area (Å²) in [6.07, 6.45) is 2.61. The minimum atomic E-state index is -4.51. The van der Waals surface area contributed by atoms with Crippen LogP contribution in [-0.4, -0.2) is 33.5 Å². The van der Waals surface area contributed by atoms with Crippen LogP contribution in [0.4, 0.5) is 18.9 Å². The zero-order valence-electron chi connectivity index (χ0n) is 16.8. The molecule has 0 radical (unpaired) electrons. The smallest absolute Gasteiger partial charge is 0.273 e. The molecule has 9 heteroatoms. The molecule has 1 aromatic heterocycles. The number of halogens is 3. The molecule has 2 aliphatic rings. The molecule has 1 aliphatic carbocycles. The van der Waals surface area contributed by atoms with Gasteiger partial charge in [-0.3, -0.25) is 14.7 Å². The standard InChI is InChI=1S/C22H19F3N4OS/c1-13-10-14(2)27-21(26-13)31-12-19-28-18-9-4-3-8-17(18)20(30)29(19)16-7-5-6-15(11-16)22(23,24)25/h3-11,17-18H,12H2,1-2H3. The van der Waals surface area contributed by atoms with Gasteiger partial charge in [-0.15, -0.1) is 0 Å². The fraction of sp³-hybridized carbons (Fsp3) is 0.273. The van der Waals surface area contributed by atoms with Gasteiger partial charge >= 0.3 is 6.18 Å². The zero-order chi connectivity index (χ0) is 22.2. The van der Waals surface area contributed by atoms with Gasteiger partial charge in [0, 0.05) is 11.4 Å². The first-order valence-corrected chi connectivity index (χ1v) is 10.6. The molecule has 2 unspecified atom stereocenters. The number of amidine groups is 1. The van der Waals surface area contributed by atoms with Gasteiger partial charge in [-0.25, -0.2) is 9.97 Å². The van der Waals surface area contributed by atoms with Gasteiger partial charge in [-0.2, -0.15) is 13.2 Å². The minimum absolute atomic E-state index is 0.141. The molecule has 0 fully saturated rings. The molecule has 160 valence electrons. The number of nitrogens with zero attached hydrogens (tertiary/aromatic N) is 4. The normalized spacial score (nSPS) is 20.6. The van der Waals surface area contributed by atoms with Crippen LogP contribution < -0.4 is 4.90 Å². The van der Waals surface area contributed by atoms with Crippen LogP contribution in [0.25, 0.3) is 0 Å². The number of carbonyl (C=O) groups excluding carboxylic acids is 1. The lowest BCUT2D eigenvalue weighted by Gasteiger charge is -2.35. The van der Waals surface area contributed by atoms with Crippen molar-refractivity contribution in [2.75, 3.05) is 10.7 Å². The van der Waals surface area contributed by atoms with Crippen LogP contribution >= 0.6 is 11.8 Å². The highest BCUT2D eigenvalue weighted by Gasteiger charge is 2.38. The Labute approximate surface area is 181 Å². The molecule has 1 aliphatic heterocycles. The number of fused-ring (bicyclic) bond motifs is 1. The molecule has 0 saturated heterocycles. The van der Waals surface area contributed by atoms with E-state index in [0.29, 0.717) is 11.0 Å². The number of aliphatic imine (C=N–C) groups is 1. The predicted molar refractivity (Wildman–Crippen MR) is 114 cm³/mol. The summed E-state index contributed by atoms with van der Waals surface area (Å²) in [4.78, 5) is 28.0. The van der Waals surface area contributed by atoms with Crippen molar-refractivity contribution in [3.05, 3.63) is 71.6 Å². The summed E-state index contributed by atoms with van der Waals surface area (Å²) >= 11 is 1.29. The van der Waals surface area contributed by atoms with E-state index in [0.717, 1.165) is 23.5 Å². The van der Waals surface area contributed by atoms with Crippen LogP contribution in [0.3, 0.4) is 0 Å². The van der Waals surface area contributed by atoms with E-state index in [2.05, 4.69) is 15.0 Å². The van der Waals surface area contributed by atoms with Crippen LogP contribution in [0.2, 0.25) is 0 Å². The summed E-state index contributed by atoms with van der Waals surface area (Å²) in [7, 11) is 0. The number of rotatable bonds is 4. The summed E-state index contributed by atoms with van der Waals surface area (Å²) in [6, 6.07) is 6.22. The second-order valence-electron chi connectivity index (χ2n) is 7.28. The van der Waals surface area contributed by atoms with E-state index in [1.807, 2.05) is 32.1 Å². The SMILES string of the molecule is Cc1cc(C)nc(SCC2=NC3C=CC=CC3C(=O)N2c2cccc(C(F)(F)F)c2)n1. The fourth-order valence-electron chi connectivity index (χ4n) is 3.54. The van der Waals surface area contributed by atoms with Crippen molar-refractivity contribution in [2.45, 2.75) is 31.2 Å². The Bertz CT molecular complexity index is 1090. The van der Waals surface area contributed by atoms with Crippen LogP contribution in [0.15, 0.2) is 64.8 Å². The van der Waals surface area contributed by atoms with Gasteiger partial charge in [0.05, 0.1) is 29.0 Å². The van der Waals surface area contributed by atoms with E-state index >= 15 is 0 Å².